The molecular weight excluding hydrogens is 479 g/mol. The van der Waals surface area contributed by atoms with E-state index < -0.39 is 10.0 Å². The average Bonchev–Trinajstić information content (AvgIpc) is 2.71. The second-order valence-corrected chi connectivity index (χ2v) is 9.89. The topological polar surface area (TPSA) is 75.6 Å². The Balaban J connectivity index is 1.83. The molecule has 9 heteroatoms. The second kappa shape index (κ2) is 8.28. The first-order chi connectivity index (χ1) is 14.7. The van der Waals surface area contributed by atoms with E-state index in [1.54, 1.807) is 37.3 Å². The molecule has 0 bridgehead atoms. The number of rotatable bonds is 4. The van der Waals surface area contributed by atoms with Crippen molar-refractivity contribution < 1.29 is 13.2 Å². The van der Waals surface area contributed by atoms with Gasteiger partial charge in [-0.15, -0.1) is 0 Å². The number of nitrogens with zero attached hydrogens (tertiary/aromatic N) is 1. The van der Waals surface area contributed by atoms with E-state index in [9.17, 15) is 13.2 Å². The van der Waals surface area contributed by atoms with E-state index >= 15 is 0 Å². The maximum Gasteiger partial charge on any atom is 0.261 e. The summed E-state index contributed by atoms with van der Waals surface area (Å²) in [7, 11) is -3.95. The Morgan fingerprint density at radius 2 is 1.71 bits per heavy atom. The molecule has 0 fully saturated rings. The molecule has 4 rings (SSSR count). The third-order valence-electron chi connectivity index (χ3n) is 4.85. The predicted octanol–water partition coefficient (Wildman–Crippen LogP) is 5.79. The molecule has 0 amide bonds. The number of carbonyl (C=O) groups is 1. The van der Waals surface area contributed by atoms with E-state index in [1.807, 2.05) is 0 Å². The van der Waals surface area contributed by atoms with Crippen LogP contribution in [-0.4, -0.2) is 26.5 Å². The Hall–Kier alpha value is -2.38. The number of ketones is 1. The van der Waals surface area contributed by atoms with Gasteiger partial charge >= 0.3 is 0 Å². The summed E-state index contributed by atoms with van der Waals surface area (Å²) < 4.78 is 28.7. The molecule has 0 saturated carbocycles. The first kappa shape index (κ1) is 21.8. The minimum atomic E-state index is -3.95. The Kier molecular flexibility index (Phi) is 5.83. The number of carbonyl (C=O) groups excluding carboxylic acids is 1. The van der Waals surface area contributed by atoms with Gasteiger partial charge in [0.25, 0.3) is 10.0 Å². The zero-order valence-corrected chi connectivity index (χ0v) is 19.2. The third-order valence-corrected chi connectivity index (χ3v) is 7.19. The summed E-state index contributed by atoms with van der Waals surface area (Å²) >= 11 is 18.6. The van der Waals surface area contributed by atoms with Gasteiger partial charge in [0.05, 0.1) is 21.3 Å². The minimum absolute atomic E-state index is 0.0551. The molecule has 0 radical (unpaired) electrons. The number of aryl methyl sites for hydroxylation is 1. The van der Waals surface area contributed by atoms with Crippen LogP contribution in [0.15, 0.2) is 64.5 Å². The van der Waals surface area contributed by atoms with Crippen LogP contribution in [0.25, 0.3) is 0 Å². The van der Waals surface area contributed by atoms with Gasteiger partial charge in [-0.05, 0) is 55.0 Å². The van der Waals surface area contributed by atoms with E-state index in [4.69, 9.17) is 34.8 Å². The zero-order chi connectivity index (χ0) is 22.3. The van der Waals surface area contributed by atoms with Crippen molar-refractivity contribution in [3.63, 3.8) is 0 Å². The molecule has 3 aromatic carbocycles. The molecule has 0 unspecified atom stereocenters. The van der Waals surface area contributed by atoms with Crippen molar-refractivity contribution in [3.05, 3.63) is 91.9 Å². The smallest absolute Gasteiger partial charge is 0.261 e. The monoisotopic (exact) mass is 492 g/mol. The van der Waals surface area contributed by atoms with Gasteiger partial charge in [-0.2, -0.15) is 0 Å². The molecule has 0 aromatic heterocycles. The lowest BCUT2D eigenvalue weighted by atomic mass is 9.92. The van der Waals surface area contributed by atoms with Gasteiger partial charge in [0.2, 0.25) is 0 Å². The summed E-state index contributed by atoms with van der Waals surface area (Å²) in [5, 5.41) is 1.15. The predicted molar refractivity (Wildman–Crippen MR) is 125 cm³/mol. The van der Waals surface area contributed by atoms with Gasteiger partial charge in [0.1, 0.15) is 6.54 Å². The number of nitrogens with one attached hydrogen (secondary N) is 1. The number of benzene rings is 3. The Morgan fingerprint density at radius 3 is 2.45 bits per heavy atom. The fraction of sp³-hybridized carbons (Fsp3) is 0.0909. The van der Waals surface area contributed by atoms with Crippen molar-refractivity contribution in [1.29, 1.82) is 0 Å². The molecule has 0 atom stereocenters. The molecule has 0 saturated heterocycles. The Bertz CT molecular complexity index is 1370. The van der Waals surface area contributed by atoms with Crippen LogP contribution in [0, 0.1) is 6.92 Å². The molecule has 3 aromatic rings. The molecule has 0 spiro atoms. The maximum atomic E-state index is 13.1. The number of halogens is 3. The standard InChI is InChI=1S/C22H15Cl3N2O3S/c1-12-9-14(6-8-17(12)24)31(29,30)27-19-10-13(23)5-7-15(19)22-21-16(20(28)11-26-22)3-2-4-18(21)25/h2-10,27H,11H2,1H3. The fourth-order valence-corrected chi connectivity index (χ4v) is 5.04. The molecule has 1 aliphatic heterocycles. The number of sulfonamides is 1. The highest BCUT2D eigenvalue weighted by atomic mass is 35.5. The van der Waals surface area contributed by atoms with Crippen LogP contribution in [0.1, 0.15) is 27.0 Å². The van der Waals surface area contributed by atoms with E-state index in [0.29, 0.717) is 43.0 Å². The largest absolute Gasteiger partial charge is 0.292 e. The van der Waals surface area contributed by atoms with Gasteiger partial charge in [-0.25, -0.2) is 8.42 Å². The van der Waals surface area contributed by atoms with Crippen molar-refractivity contribution >= 4 is 62.0 Å². The first-order valence-corrected chi connectivity index (χ1v) is 11.7. The average molecular weight is 494 g/mol. The second-order valence-electron chi connectivity index (χ2n) is 6.96. The first-order valence-electron chi connectivity index (χ1n) is 9.13. The van der Waals surface area contributed by atoms with Crippen LogP contribution in [0.3, 0.4) is 0 Å². The van der Waals surface area contributed by atoms with Gasteiger partial charge < -0.3 is 0 Å². The van der Waals surface area contributed by atoms with E-state index in [1.165, 1.54) is 24.3 Å². The summed E-state index contributed by atoms with van der Waals surface area (Å²) in [5.41, 5.74) is 2.63. The normalized spacial score (nSPS) is 13.5. The van der Waals surface area contributed by atoms with Crippen molar-refractivity contribution in [3.8, 4) is 0 Å². The highest BCUT2D eigenvalue weighted by Crippen LogP contribution is 2.32. The summed E-state index contributed by atoms with van der Waals surface area (Å²) in [5.74, 6) is -0.158. The summed E-state index contributed by atoms with van der Waals surface area (Å²) in [4.78, 5) is 16.8. The number of aliphatic imine (C=N–C) groups is 1. The minimum Gasteiger partial charge on any atom is -0.292 e. The Labute approximate surface area is 194 Å². The lowest BCUT2D eigenvalue weighted by Gasteiger charge is -2.20. The summed E-state index contributed by atoms with van der Waals surface area (Å²) in [6, 6.07) is 14.2. The van der Waals surface area contributed by atoms with E-state index in [2.05, 4.69) is 9.71 Å². The SMILES string of the molecule is Cc1cc(S(=O)(=O)Nc2cc(Cl)ccc2C2=NCC(=O)c3cccc(Cl)c32)ccc1Cl. The molecule has 0 aliphatic carbocycles. The van der Waals surface area contributed by atoms with Crippen LogP contribution in [0.2, 0.25) is 15.1 Å². The third kappa shape index (κ3) is 4.21. The van der Waals surface area contributed by atoms with Gasteiger partial charge in [-0.3, -0.25) is 14.5 Å². The van der Waals surface area contributed by atoms with Crippen LogP contribution in [0.4, 0.5) is 5.69 Å². The zero-order valence-electron chi connectivity index (χ0n) is 16.1. The highest BCUT2D eigenvalue weighted by Gasteiger charge is 2.27. The van der Waals surface area contributed by atoms with Crippen LogP contribution < -0.4 is 4.72 Å². The quantitative estimate of drug-likeness (QED) is 0.500. The highest BCUT2D eigenvalue weighted by molar-refractivity contribution is 7.92. The number of anilines is 1. The van der Waals surface area contributed by atoms with Crippen LogP contribution >= 0.6 is 34.8 Å². The van der Waals surface area contributed by atoms with Crippen molar-refractivity contribution in [2.24, 2.45) is 4.99 Å². The van der Waals surface area contributed by atoms with E-state index in [-0.39, 0.29) is 22.9 Å². The Morgan fingerprint density at radius 1 is 0.935 bits per heavy atom. The number of Topliss-reactive ketones (excluding diaryl/α,β-unsaturated/α-hetero) is 1. The van der Waals surface area contributed by atoms with E-state index in [0.717, 1.165) is 0 Å². The summed E-state index contributed by atoms with van der Waals surface area (Å²) in [6.07, 6.45) is 0. The van der Waals surface area contributed by atoms with Gasteiger partial charge in [-0.1, -0.05) is 46.9 Å². The van der Waals surface area contributed by atoms with Crippen molar-refractivity contribution in [1.82, 2.24) is 0 Å². The van der Waals surface area contributed by atoms with Crippen molar-refractivity contribution in [2.75, 3.05) is 11.3 Å². The fourth-order valence-electron chi connectivity index (χ4n) is 3.33. The lowest BCUT2D eigenvalue weighted by molar-refractivity contribution is 0.1000. The van der Waals surface area contributed by atoms with Crippen molar-refractivity contribution in [2.45, 2.75) is 11.8 Å². The van der Waals surface area contributed by atoms with Gasteiger partial charge in [0, 0.05) is 26.7 Å². The number of fused-ring (bicyclic) bond motifs is 1. The summed E-state index contributed by atoms with van der Waals surface area (Å²) in [6.45, 7) is 1.66. The molecule has 1 N–H and O–H groups in total. The number of hydrogen-bond donors (Lipinski definition) is 1. The molecule has 1 aliphatic rings. The molecule has 5 nitrogen and oxygen atoms in total. The molecule has 31 heavy (non-hydrogen) atoms. The molecule has 158 valence electrons. The number of hydrogen-bond acceptors (Lipinski definition) is 4. The van der Waals surface area contributed by atoms with Crippen LogP contribution in [-0.2, 0) is 10.0 Å². The molecule has 1 heterocycles. The maximum absolute atomic E-state index is 13.1. The van der Waals surface area contributed by atoms with Crippen LogP contribution in [0.5, 0.6) is 0 Å². The van der Waals surface area contributed by atoms with Gasteiger partial charge in [0.15, 0.2) is 5.78 Å². The molecular formula is C22H15Cl3N2O3S. The lowest BCUT2D eigenvalue weighted by Crippen LogP contribution is -2.22.